The van der Waals surface area contributed by atoms with E-state index >= 15 is 0 Å². The molecule has 1 aliphatic rings. The quantitative estimate of drug-likeness (QED) is 0.370. The number of benzene rings is 2. The molecule has 0 bridgehead atoms. The van der Waals surface area contributed by atoms with Gasteiger partial charge in [0.25, 0.3) is 0 Å². The average Bonchev–Trinajstić information content (AvgIpc) is 2.79. The molecule has 2 aromatic carbocycles. The van der Waals surface area contributed by atoms with Crippen molar-refractivity contribution in [3.05, 3.63) is 52.7 Å². The molecule has 1 aromatic heterocycles. The summed E-state index contributed by atoms with van der Waals surface area (Å²) in [7, 11) is 1.40. The van der Waals surface area contributed by atoms with Crippen LogP contribution in [0.4, 0.5) is 0 Å². The molecule has 4 rings (SSSR count). The second-order valence-corrected chi connectivity index (χ2v) is 7.34. The number of hydrogen-bond donors (Lipinski definition) is 5. The SMILES string of the molecule is COc1cc(O[C@@H]2OC(CO)[C@@H](O)[C@H](O)C2O)c2c(=O)cc(-c3ccc(O)cc3)oc2c1. The Morgan fingerprint density at radius 3 is 2.38 bits per heavy atom. The van der Waals surface area contributed by atoms with Crippen LogP contribution in [0, 0.1) is 0 Å². The van der Waals surface area contributed by atoms with Gasteiger partial charge in [0.1, 0.15) is 58.4 Å². The number of rotatable bonds is 5. The Morgan fingerprint density at radius 2 is 1.72 bits per heavy atom. The zero-order valence-electron chi connectivity index (χ0n) is 16.9. The number of aliphatic hydroxyl groups is 4. The van der Waals surface area contributed by atoms with Gasteiger partial charge in [0.15, 0.2) is 5.43 Å². The first-order valence-corrected chi connectivity index (χ1v) is 9.75. The molecule has 2 unspecified atom stereocenters. The first-order chi connectivity index (χ1) is 15.3. The van der Waals surface area contributed by atoms with Crippen molar-refractivity contribution in [3.8, 4) is 28.6 Å². The lowest BCUT2D eigenvalue weighted by Gasteiger charge is -2.39. The number of phenols is 1. The molecule has 0 amide bonds. The Labute approximate surface area is 181 Å². The highest BCUT2D eigenvalue weighted by atomic mass is 16.7. The summed E-state index contributed by atoms with van der Waals surface area (Å²) in [4.78, 5) is 13.0. The zero-order chi connectivity index (χ0) is 23.0. The van der Waals surface area contributed by atoms with Gasteiger partial charge >= 0.3 is 0 Å². The molecule has 0 saturated carbocycles. The van der Waals surface area contributed by atoms with Crippen molar-refractivity contribution < 1.29 is 44.2 Å². The van der Waals surface area contributed by atoms with Crippen LogP contribution in [0.5, 0.6) is 17.2 Å². The van der Waals surface area contributed by atoms with Crippen LogP contribution in [0.25, 0.3) is 22.3 Å². The maximum absolute atomic E-state index is 13.0. The fourth-order valence-corrected chi connectivity index (χ4v) is 3.50. The van der Waals surface area contributed by atoms with Gasteiger partial charge in [-0.15, -0.1) is 0 Å². The van der Waals surface area contributed by atoms with Gasteiger partial charge in [-0.05, 0) is 24.3 Å². The molecule has 2 heterocycles. The predicted octanol–water partition coefficient (Wildman–Crippen LogP) is 0.353. The van der Waals surface area contributed by atoms with Crippen LogP contribution < -0.4 is 14.9 Å². The van der Waals surface area contributed by atoms with Crippen LogP contribution in [0.15, 0.2) is 51.7 Å². The van der Waals surface area contributed by atoms with Crippen LogP contribution >= 0.6 is 0 Å². The molecule has 1 aliphatic heterocycles. The maximum atomic E-state index is 13.0. The minimum absolute atomic E-state index is 0.0327. The molecule has 10 heteroatoms. The summed E-state index contributed by atoms with van der Waals surface area (Å²) in [5, 5.41) is 49.1. The van der Waals surface area contributed by atoms with E-state index in [0.29, 0.717) is 5.56 Å². The van der Waals surface area contributed by atoms with E-state index < -0.39 is 42.7 Å². The normalized spacial score (nSPS) is 25.6. The highest BCUT2D eigenvalue weighted by Gasteiger charge is 2.45. The molecule has 32 heavy (non-hydrogen) atoms. The van der Waals surface area contributed by atoms with E-state index in [0.717, 1.165) is 0 Å². The van der Waals surface area contributed by atoms with Gasteiger partial charge in [0, 0.05) is 23.8 Å². The van der Waals surface area contributed by atoms with Crippen LogP contribution in [-0.4, -0.2) is 70.0 Å². The Bertz CT molecular complexity index is 1150. The number of hydrogen-bond acceptors (Lipinski definition) is 10. The average molecular weight is 446 g/mol. The smallest absolute Gasteiger partial charge is 0.229 e. The molecule has 10 nitrogen and oxygen atoms in total. The van der Waals surface area contributed by atoms with Crippen molar-refractivity contribution >= 4 is 11.0 Å². The predicted molar refractivity (Wildman–Crippen MR) is 111 cm³/mol. The van der Waals surface area contributed by atoms with Crippen LogP contribution in [-0.2, 0) is 4.74 Å². The summed E-state index contributed by atoms with van der Waals surface area (Å²) < 4.78 is 22.2. The fourth-order valence-electron chi connectivity index (χ4n) is 3.50. The van der Waals surface area contributed by atoms with E-state index in [2.05, 4.69) is 0 Å². The van der Waals surface area contributed by atoms with Crippen molar-refractivity contribution in [2.24, 2.45) is 0 Å². The second-order valence-electron chi connectivity index (χ2n) is 7.34. The molecule has 3 aromatic rings. The topological polar surface area (TPSA) is 159 Å². The largest absolute Gasteiger partial charge is 0.508 e. The minimum Gasteiger partial charge on any atom is -0.508 e. The molecule has 170 valence electrons. The number of methoxy groups -OCH3 is 1. The monoisotopic (exact) mass is 446 g/mol. The Morgan fingerprint density at radius 1 is 1.00 bits per heavy atom. The maximum Gasteiger partial charge on any atom is 0.229 e. The Balaban J connectivity index is 1.77. The molecule has 0 radical (unpaired) electrons. The third-order valence-corrected chi connectivity index (χ3v) is 5.25. The lowest BCUT2D eigenvalue weighted by Crippen LogP contribution is -2.60. The summed E-state index contributed by atoms with van der Waals surface area (Å²) in [6.45, 7) is -0.623. The number of aromatic hydroxyl groups is 1. The van der Waals surface area contributed by atoms with Gasteiger partial charge in [0.2, 0.25) is 6.29 Å². The highest BCUT2D eigenvalue weighted by molar-refractivity contribution is 5.86. The molecule has 5 atom stereocenters. The molecular formula is C22H22O10. The fraction of sp³-hybridized carbons (Fsp3) is 0.318. The zero-order valence-corrected chi connectivity index (χ0v) is 16.9. The standard InChI is InChI=1S/C22H22O10/c1-29-12-6-15-18(13(25)8-14(30-15)10-2-4-11(24)5-3-10)16(7-12)31-22-21(28)20(27)19(26)17(9-23)32-22/h2-8,17,19-24,26-28H,9H2,1H3/t17?,19-,20+,21?,22-/m1/s1. The molecule has 0 aliphatic carbocycles. The van der Waals surface area contributed by atoms with Gasteiger partial charge in [-0.25, -0.2) is 0 Å². The van der Waals surface area contributed by atoms with Crippen molar-refractivity contribution in [3.63, 3.8) is 0 Å². The van der Waals surface area contributed by atoms with Gasteiger partial charge in [-0.2, -0.15) is 0 Å². The lowest BCUT2D eigenvalue weighted by molar-refractivity contribution is -0.277. The van der Waals surface area contributed by atoms with Gasteiger partial charge in [0.05, 0.1) is 13.7 Å². The molecule has 1 saturated heterocycles. The van der Waals surface area contributed by atoms with Gasteiger partial charge in [-0.1, -0.05) is 0 Å². The molecular weight excluding hydrogens is 424 g/mol. The van der Waals surface area contributed by atoms with E-state index in [-0.39, 0.29) is 34.0 Å². The van der Waals surface area contributed by atoms with E-state index in [9.17, 15) is 30.3 Å². The van der Waals surface area contributed by atoms with Crippen LogP contribution in [0.3, 0.4) is 0 Å². The number of fused-ring (bicyclic) bond motifs is 1. The van der Waals surface area contributed by atoms with Crippen LogP contribution in [0.2, 0.25) is 0 Å². The third kappa shape index (κ3) is 4.01. The number of aliphatic hydroxyl groups excluding tert-OH is 4. The van der Waals surface area contributed by atoms with E-state index in [1.807, 2.05) is 0 Å². The number of phenolic OH excluding ortho intramolecular Hbond substituents is 1. The van der Waals surface area contributed by atoms with Crippen molar-refractivity contribution in [1.82, 2.24) is 0 Å². The molecule has 0 spiro atoms. The highest BCUT2D eigenvalue weighted by Crippen LogP contribution is 2.34. The summed E-state index contributed by atoms with van der Waals surface area (Å²) in [6.07, 6.45) is -7.50. The summed E-state index contributed by atoms with van der Waals surface area (Å²) in [5.74, 6) is 0.543. The van der Waals surface area contributed by atoms with E-state index in [1.165, 1.54) is 37.4 Å². The Hall–Kier alpha value is -3.15. The van der Waals surface area contributed by atoms with Crippen LogP contribution in [0.1, 0.15) is 0 Å². The third-order valence-electron chi connectivity index (χ3n) is 5.25. The first kappa shape index (κ1) is 22.1. The number of ether oxygens (including phenoxy) is 3. The second kappa shape index (κ2) is 8.77. The molecule has 5 N–H and O–H groups in total. The Kier molecular flexibility index (Phi) is 6.04. The lowest BCUT2D eigenvalue weighted by atomic mass is 9.99. The summed E-state index contributed by atoms with van der Waals surface area (Å²) in [6, 6.07) is 10.2. The van der Waals surface area contributed by atoms with Crippen molar-refractivity contribution in [2.75, 3.05) is 13.7 Å². The van der Waals surface area contributed by atoms with E-state index in [4.69, 9.17) is 18.6 Å². The summed E-state index contributed by atoms with van der Waals surface area (Å²) in [5.41, 5.74) is 0.220. The summed E-state index contributed by atoms with van der Waals surface area (Å²) >= 11 is 0. The molecule has 1 fully saturated rings. The minimum atomic E-state index is -1.66. The van der Waals surface area contributed by atoms with Crippen molar-refractivity contribution in [1.29, 1.82) is 0 Å². The van der Waals surface area contributed by atoms with Gasteiger partial charge in [-0.3, -0.25) is 4.79 Å². The van der Waals surface area contributed by atoms with Gasteiger partial charge < -0.3 is 44.2 Å². The van der Waals surface area contributed by atoms with E-state index in [1.54, 1.807) is 12.1 Å². The first-order valence-electron chi connectivity index (χ1n) is 9.75. The van der Waals surface area contributed by atoms with Crippen molar-refractivity contribution in [2.45, 2.75) is 30.7 Å².